The number of hydrogen-bond acceptors (Lipinski definition) is 4. The number of aromatic nitrogens is 3. The SMILES string of the molecule is CSCCCCCNCc1nnc2n1CCCC2. The number of unbranched alkanes of at least 4 members (excludes halogenated alkanes) is 2. The molecule has 0 saturated heterocycles. The van der Waals surface area contributed by atoms with Crippen molar-refractivity contribution in [2.45, 2.75) is 51.6 Å². The van der Waals surface area contributed by atoms with Crippen LogP contribution in [0.15, 0.2) is 0 Å². The molecule has 2 heterocycles. The van der Waals surface area contributed by atoms with Crippen LogP contribution >= 0.6 is 11.8 Å². The van der Waals surface area contributed by atoms with Crippen LogP contribution in [0, 0.1) is 0 Å². The van der Waals surface area contributed by atoms with Gasteiger partial charge in [-0.15, -0.1) is 10.2 Å². The van der Waals surface area contributed by atoms with Crippen molar-refractivity contribution in [2.24, 2.45) is 0 Å². The maximum absolute atomic E-state index is 4.29. The second-order valence-electron chi connectivity index (χ2n) is 4.87. The van der Waals surface area contributed by atoms with E-state index in [2.05, 4.69) is 26.3 Å². The largest absolute Gasteiger partial charge is 0.314 e. The van der Waals surface area contributed by atoms with E-state index >= 15 is 0 Å². The van der Waals surface area contributed by atoms with Gasteiger partial charge in [0.15, 0.2) is 0 Å². The second-order valence-corrected chi connectivity index (χ2v) is 5.86. The van der Waals surface area contributed by atoms with Gasteiger partial charge in [-0.1, -0.05) is 6.42 Å². The molecule has 0 bridgehead atoms. The molecule has 1 aliphatic heterocycles. The highest BCUT2D eigenvalue weighted by molar-refractivity contribution is 7.98. The van der Waals surface area contributed by atoms with Crippen molar-refractivity contribution >= 4 is 11.8 Å². The third-order valence-electron chi connectivity index (χ3n) is 3.42. The molecule has 0 radical (unpaired) electrons. The first-order valence-corrected chi connectivity index (χ1v) is 8.42. The average molecular weight is 268 g/mol. The van der Waals surface area contributed by atoms with Crippen LogP contribution in [0.4, 0.5) is 0 Å². The average Bonchev–Trinajstić information content (AvgIpc) is 2.81. The van der Waals surface area contributed by atoms with Crippen LogP contribution in [0.3, 0.4) is 0 Å². The number of aryl methyl sites for hydroxylation is 1. The van der Waals surface area contributed by atoms with Gasteiger partial charge >= 0.3 is 0 Å². The van der Waals surface area contributed by atoms with E-state index in [-0.39, 0.29) is 0 Å². The van der Waals surface area contributed by atoms with Crippen molar-refractivity contribution in [1.29, 1.82) is 0 Å². The molecule has 102 valence electrons. The summed E-state index contributed by atoms with van der Waals surface area (Å²) in [5.41, 5.74) is 0. The Balaban J connectivity index is 1.63. The van der Waals surface area contributed by atoms with Crippen molar-refractivity contribution in [3.63, 3.8) is 0 Å². The fraction of sp³-hybridized carbons (Fsp3) is 0.846. The van der Waals surface area contributed by atoms with E-state index in [4.69, 9.17) is 0 Å². The van der Waals surface area contributed by atoms with Crippen LogP contribution < -0.4 is 5.32 Å². The minimum Gasteiger partial charge on any atom is -0.314 e. The minimum absolute atomic E-state index is 0.871. The van der Waals surface area contributed by atoms with Gasteiger partial charge in [0.2, 0.25) is 0 Å². The van der Waals surface area contributed by atoms with Crippen LogP contribution in [0.25, 0.3) is 0 Å². The van der Waals surface area contributed by atoms with Crippen LogP contribution in [0.2, 0.25) is 0 Å². The van der Waals surface area contributed by atoms with E-state index < -0.39 is 0 Å². The molecular weight excluding hydrogens is 244 g/mol. The van der Waals surface area contributed by atoms with Crippen LogP contribution in [-0.2, 0) is 19.5 Å². The lowest BCUT2D eigenvalue weighted by molar-refractivity contribution is 0.495. The molecule has 0 unspecified atom stereocenters. The van der Waals surface area contributed by atoms with E-state index in [1.807, 2.05) is 11.8 Å². The van der Waals surface area contributed by atoms with Crippen molar-refractivity contribution in [3.8, 4) is 0 Å². The van der Waals surface area contributed by atoms with E-state index in [0.717, 1.165) is 31.9 Å². The number of hydrogen-bond donors (Lipinski definition) is 1. The Morgan fingerprint density at radius 2 is 2.17 bits per heavy atom. The molecule has 1 N–H and O–H groups in total. The van der Waals surface area contributed by atoms with Gasteiger partial charge in [0, 0.05) is 13.0 Å². The predicted octanol–water partition coefficient (Wildman–Crippen LogP) is 2.24. The molecule has 0 fully saturated rings. The molecule has 0 aromatic carbocycles. The normalized spacial score (nSPS) is 14.7. The lowest BCUT2D eigenvalue weighted by Gasteiger charge is -2.14. The summed E-state index contributed by atoms with van der Waals surface area (Å²) in [5.74, 6) is 3.59. The van der Waals surface area contributed by atoms with Crippen LogP contribution in [-0.4, -0.2) is 33.3 Å². The van der Waals surface area contributed by atoms with Gasteiger partial charge in [0.05, 0.1) is 6.54 Å². The van der Waals surface area contributed by atoms with Crippen LogP contribution in [0.1, 0.15) is 43.8 Å². The highest BCUT2D eigenvalue weighted by Crippen LogP contribution is 2.13. The van der Waals surface area contributed by atoms with Crippen LogP contribution in [0.5, 0.6) is 0 Å². The van der Waals surface area contributed by atoms with Gasteiger partial charge in [-0.3, -0.25) is 0 Å². The first-order chi connectivity index (χ1) is 8.92. The first kappa shape index (κ1) is 13.9. The molecule has 0 aliphatic carbocycles. The van der Waals surface area contributed by atoms with Crippen molar-refractivity contribution < 1.29 is 0 Å². The van der Waals surface area contributed by atoms with E-state index in [1.54, 1.807) is 0 Å². The third kappa shape index (κ3) is 3.99. The Morgan fingerprint density at radius 1 is 1.22 bits per heavy atom. The highest BCUT2D eigenvalue weighted by Gasteiger charge is 2.14. The third-order valence-corrected chi connectivity index (χ3v) is 4.12. The summed E-state index contributed by atoms with van der Waals surface area (Å²) in [6.07, 6.45) is 9.73. The van der Waals surface area contributed by atoms with Gasteiger partial charge in [-0.05, 0) is 44.2 Å². The van der Waals surface area contributed by atoms with Gasteiger partial charge in [0.25, 0.3) is 0 Å². The molecule has 0 atom stereocenters. The smallest absolute Gasteiger partial charge is 0.147 e. The Hall–Kier alpha value is -0.550. The second kappa shape index (κ2) is 7.79. The van der Waals surface area contributed by atoms with E-state index in [1.165, 1.54) is 43.7 Å². The zero-order chi connectivity index (χ0) is 12.6. The lowest BCUT2D eigenvalue weighted by Crippen LogP contribution is -2.20. The predicted molar refractivity (Wildman–Crippen MR) is 76.9 cm³/mol. The molecule has 0 spiro atoms. The fourth-order valence-corrected chi connectivity index (χ4v) is 2.87. The van der Waals surface area contributed by atoms with Crippen molar-refractivity contribution in [2.75, 3.05) is 18.6 Å². The van der Waals surface area contributed by atoms with Gasteiger partial charge in [0.1, 0.15) is 11.6 Å². The van der Waals surface area contributed by atoms with Gasteiger partial charge < -0.3 is 9.88 Å². The number of fused-ring (bicyclic) bond motifs is 1. The Labute approximate surface area is 114 Å². The Morgan fingerprint density at radius 3 is 3.06 bits per heavy atom. The molecule has 2 rings (SSSR count). The maximum Gasteiger partial charge on any atom is 0.147 e. The molecule has 0 saturated carbocycles. The van der Waals surface area contributed by atoms with Gasteiger partial charge in [-0.25, -0.2) is 0 Å². The Bertz CT molecular complexity index is 351. The molecule has 1 aromatic heterocycles. The zero-order valence-electron chi connectivity index (χ0n) is 11.3. The summed E-state index contributed by atoms with van der Waals surface area (Å²) in [6, 6.07) is 0. The van der Waals surface area contributed by atoms with Gasteiger partial charge in [-0.2, -0.15) is 11.8 Å². The maximum atomic E-state index is 4.29. The van der Waals surface area contributed by atoms with E-state index in [0.29, 0.717) is 0 Å². The number of nitrogens with one attached hydrogen (secondary N) is 1. The summed E-state index contributed by atoms with van der Waals surface area (Å²) < 4.78 is 2.30. The molecule has 1 aromatic rings. The van der Waals surface area contributed by atoms with Crippen molar-refractivity contribution in [3.05, 3.63) is 11.6 Å². The summed E-state index contributed by atoms with van der Waals surface area (Å²) >= 11 is 1.94. The topological polar surface area (TPSA) is 42.7 Å². The quantitative estimate of drug-likeness (QED) is 0.734. The molecule has 0 amide bonds. The summed E-state index contributed by atoms with van der Waals surface area (Å²) in [4.78, 5) is 0. The number of rotatable bonds is 8. The molecule has 4 nitrogen and oxygen atoms in total. The molecule has 18 heavy (non-hydrogen) atoms. The number of thioether (sulfide) groups is 1. The number of nitrogens with zero attached hydrogens (tertiary/aromatic N) is 3. The Kier molecular flexibility index (Phi) is 6.00. The monoisotopic (exact) mass is 268 g/mol. The van der Waals surface area contributed by atoms with Crippen molar-refractivity contribution in [1.82, 2.24) is 20.1 Å². The summed E-state index contributed by atoms with van der Waals surface area (Å²) in [5, 5.41) is 12.0. The molecule has 5 heteroatoms. The molecular formula is C13H24N4S. The summed E-state index contributed by atoms with van der Waals surface area (Å²) in [7, 11) is 0. The first-order valence-electron chi connectivity index (χ1n) is 7.02. The highest BCUT2D eigenvalue weighted by atomic mass is 32.2. The molecule has 1 aliphatic rings. The summed E-state index contributed by atoms with van der Waals surface area (Å²) in [6.45, 7) is 3.07. The zero-order valence-corrected chi connectivity index (χ0v) is 12.1. The fourth-order valence-electron chi connectivity index (χ4n) is 2.37. The minimum atomic E-state index is 0.871. The standard InChI is InChI=1S/C13H24N4S/c1-18-10-6-2-4-8-14-11-13-16-15-12-7-3-5-9-17(12)13/h14H,2-11H2,1H3. The van der Waals surface area contributed by atoms with E-state index in [9.17, 15) is 0 Å². The lowest BCUT2D eigenvalue weighted by atomic mass is 10.2.